The summed E-state index contributed by atoms with van der Waals surface area (Å²) in [6, 6.07) is 11.0. The molecule has 2 aliphatic rings. The zero-order valence-corrected chi connectivity index (χ0v) is 18.2. The van der Waals surface area contributed by atoms with Gasteiger partial charge in [-0.25, -0.2) is 4.98 Å². The number of nitrogens with zero attached hydrogens (tertiary/aromatic N) is 5. The molecular weight excluding hydrogens is 404 g/mol. The lowest BCUT2D eigenvalue weighted by atomic mass is 9.98. The predicted molar refractivity (Wildman–Crippen MR) is 120 cm³/mol. The molecule has 1 aromatic carbocycles. The highest BCUT2D eigenvalue weighted by Gasteiger charge is 2.37. The van der Waals surface area contributed by atoms with E-state index in [9.17, 15) is 9.59 Å². The number of benzene rings is 1. The van der Waals surface area contributed by atoms with Crippen molar-refractivity contribution in [3.8, 4) is 0 Å². The number of rotatable bonds is 6. The Morgan fingerprint density at radius 3 is 2.69 bits per heavy atom. The van der Waals surface area contributed by atoms with Gasteiger partial charge in [0.25, 0.3) is 11.8 Å². The first-order chi connectivity index (χ1) is 15.5. The molecule has 8 nitrogen and oxygen atoms in total. The van der Waals surface area contributed by atoms with Gasteiger partial charge in [0.2, 0.25) is 0 Å². The second-order valence-corrected chi connectivity index (χ2v) is 8.79. The SMILES string of the molecule is CC(C)n1cnc([C@H]2CN(C(=O)c3ccccn3)c3ccc(C(=O)NCC4CC4)cc32)n1. The number of carbonyl (C=O) groups is 2. The van der Waals surface area contributed by atoms with Crippen LogP contribution in [0.3, 0.4) is 0 Å². The summed E-state index contributed by atoms with van der Waals surface area (Å²) in [5.41, 5.74) is 2.62. The van der Waals surface area contributed by atoms with E-state index in [0.717, 1.165) is 11.3 Å². The van der Waals surface area contributed by atoms with Gasteiger partial charge >= 0.3 is 0 Å². The molecule has 0 unspecified atom stereocenters. The number of hydrogen-bond donors (Lipinski definition) is 1. The Bertz CT molecular complexity index is 1150. The number of carbonyl (C=O) groups excluding carboxylic acids is 2. The van der Waals surface area contributed by atoms with Gasteiger partial charge in [-0.15, -0.1) is 0 Å². The lowest BCUT2D eigenvalue weighted by Gasteiger charge is -2.17. The van der Waals surface area contributed by atoms with Gasteiger partial charge in [-0.3, -0.25) is 19.3 Å². The molecule has 0 bridgehead atoms. The molecule has 1 N–H and O–H groups in total. The van der Waals surface area contributed by atoms with Crippen molar-refractivity contribution in [3.05, 3.63) is 71.6 Å². The minimum atomic E-state index is -0.214. The highest BCUT2D eigenvalue weighted by molar-refractivity contribution is 6.07. The maximum atomic E-state index is 13.2. The number of aromatic nitrogens is 4. The van der Waals surface area contributed by atoms with Gasteiger partial charge in [-0.2, -0.15) is 5.10 Å². The fourth-order valence-corrected chi connectivity index (χ4v) is 4.00. The molecule has 2 aromatic heterocycles. The largest absolute Gasteiger partial charge is 0.352 e. The fraction of sp³-hybridized carbons (Fsp3) is 0.375. The Balaban J connectivity index is 1.50. The molecule has 0 saturated heterocycles. The lowest BCUT2D eigenvalue weighted by Crippen LogP contribution is -2.30. The van der Waals surface area contributed by atoms with Gasteiger partial charge in [0.05, 0.1) is 5.92 Å². The number of fused-ring (bicyclic) bond motifs is 1. The van der Waals surface area contributed by atoms with Crippen molar-refractivity contribution in [2.24, 2.45) is 5.92 Å². The quantitative estimate of drug-likeness (QED) is 0.648. The molecule has 5 rings (SSSR count). The van der Waals surface area contributed by atoms with Gasteiger partial charge in [0.15, 0.2) is 5.82 Å². The monoisotopic (exact) mass is 430 g/mol. The first-order valence-corrected chi connectivity index (χ1v) is 11.1. The summed E-state index contributed by atoms with van der Waals surface area (Å²) in [7, 11) is 0. The summed E-state index contributed by atoms with van der Waals surface area (Å²) in [6.45, 7) is 5.20. The molecule has 1 atom stereocenters. The van der Waals surface area contributed by atoms with Crippen LogP contribution in [-0.4, -0.2) is 44.7 Å². The summed E-state index contributed by atoms with van der Waals surface area (Å²) in [6.07, 6.45) is 5.69. The van der Waals surface area contributed by atoms with Crippen molar-refractivity contribution in [1.82, 2.24) is 25.1 Å². The zero-order chi connectivity index (χ0) is 22.2. The Hall–Kier alpha value is -3.55. The minimum Gasteiger partial charge on any atom is -0.352 e. The molecule has 1 saturated carbocycles. The molecule has 164 valence electrons. The van der Waals surface area contributed by atoms with E-state index >= 15 is 0 Å². The van der Waals surface area contributed by atoms with Crippen molar-refractivity contribution >= 4 is 17.5 Å². The van der Waals surface area contributed by atoms with Crippen molar-refractivity contribution in [1.29, 1.82) is 0 Å². The van der Waals surface area contributed by atoms with Gasteiger partial charge < -0.3 is 10.2 Å². The number of amides is 2. The highest BCUT2D eigenvalue weighted by atomic mass is 16.2. The number of nitrogens with one attached hydrogen (secondary N) is 1. The van der Waals surface area contributed by atoms with Crippen molar-refractivity contribution in [3.63, 3.8) is 0 Å². The van der Waals surface area contributed by atoms with Crippen LogP contribution in [0.15, 0.2) is 48.9 Å². The molecule has 2 amide bonds. The fourth-order valence-electron chi connectivity index (χ4n) is 4.00. The maximum Gasteiger partial charge on any atom is 0.276 e. The minimum absolute atomic E-state index is 0.0892. The number of anilines is 1. The molecule has 1 fully saturated rings. The average Bonchev–Trinajstić information content (AvgIpc) is 3.37. The normalized spacial score (nSPS) is 17.5. The van der Waals surface area contributed by atoms with Crippen LogP contribution in [0.4, 0.5) is 5.69 Å². The molecule has 3 heterocycles. The van der Waals surface area contributed by atoms with Crippen LogP contribution < -0.4 is 10.2 Å². The highest BCUT2D eigenvalue weighted by Crippen LogP contribution is 2.40. The van der Waals surface area contributed by atoms with E-state index in [1.54, 1.807) is 41.7 Å². The van der Waals surface area contributed by atoms with Crippen LogP contribution in [-0.2, 0) is 0 Å². The second kappa shape index (κ2) is 8.18. The third-order valence-corrected chi connectivity index (χ3v) is 6.07. The smallest absolute Gasteiger partial charge is 0.276 e. The first kappa shape index (κ1) is 20.4. The Morgan fingerprint density at radius 2 is 2.00 bits per heavy atom. The maximum absolute atomic E-state index is 13.2. The molecule has 32 heavy (non-hydrogen) atoms. The van der Waals surface area contributed by atoms with E-state index < -0.39 is 0 Å². The molecule has 1 aliphatic heterocycles. The zero-order valence-electron chi connectivity index (χ0n) is 18.2. The van der Waals surface area contributed by atoms with Crippen molar-refractivity contribution < 1.29 is 9.59 Å². The number of hydrogen-bond acceptors (Lipinski definition) is 5. The van der Waals surface area contributed by atoms with Crippen LogP contribution in [0.5, 0.6) is 0 Å². The van der Waals surface area contributed by atoms with Crippen LogP contribution >= 0.6 is 0 Å². The second-order valence-electron chi connectivity index (χ2n) is 8.79. The summed E-state index contributed by atoms with van der Waals surface area (Å²) >= 11 is 0. The molecular formula is C24H26N6O2. The molecule has 8 heteroatoms. The van der Waals surface area contributed by atoms with Crippen LogP contribution in [0.2, 0.25) is 0 Å². The van der Waals surface area contributed by atoms with Crippen LogP contribution in [0.1, 0.15) is 70.9 Å². The summed E-state index contributed by atoms with van der Waals surface area (Å²) in [5.74, 6) is 0.773. The molecule has 0 spiro atoms. The Labute approximate surface area is 186 Å². The lowest BCUT2D eigenvalue weighted by molar-refractivity contribution is 0.0950. The third kappa shape index (κ3) is 3.88. The van der Waals surface area contributed by atoms with Gasteiger partial charge in [0.1, 0.15) is 12.0 Å². The van der Waals surface area contributed by atoms with E-state index in [4.69, 9.17) is 0 Å². The summed E-state index contributed by atoms with van der Waals surface area (Å²) in [5, 5.41) is 7.67. The van der Waals surface area contributed by atoms with E-state index in [1.807, 2.05) is 30.7 Å². The number of pyridine rings is 1. The third-order valence-electron chi connectivity index (χ3n) is 6.07. The van der Waals surface area contributed by atoms with Gasteiger partial charge in [-0.1, -0.05) is 6.07 Å². The van der Waals surface area contributed by atoms with Crippen molar-refractivity contribution in [2.75, 3.05) is 18.0 Å². The Morgan fingerprint density at radius 1 is 1.16 bits per heavy atom. The predicted octanol–water partition coefficient (Wildman–Crippen LogP) is 3.19. The van der Waals surface area contributed by atoms with E-state index in [1.165, 1.54) is 12.8 Å². The standard InChI is InChI=1S/C24H26N6O2/c1-15(2)30-14-27-22(28-30)19-13-29(24(32)20-5-3-4-10-25-20)21-9-8-17(11-18(19)21)23(31)26-12-16-6-7-16/h3-5,8-11,14-16,19H,6-7,12-13H2,1-2H3,(H,26,31)/t19-/m0/s1. The average molecular weight is 431 g/mol. The molecule has 1 aliphatic carbocycles. The van der Waals surface area contributed by atoms with Gasteiger partial charge in [-0.05, 0) is 68.5 Å². The summed E-state index contributed by atoms with van der Waals surface area (Å²) < 4.78 is 1.81. The van der Waals surface area contributed by atoms with Gasteiger partial charge in [0, 0.05) is 36.6 Å². The van der Waals surface area contributed by atoms with E-state index in [0.29, 0.717) is 36.1 Å². The molecule has 3 aromatic rings. The van der Waals surface area contributed by atoms with Crippen LogP contribution in [0.25, 0.3) is 0 Å². The van der Waals surface area contributed by atoms with Crippen molar-refractivity contribution in [2.45, 2.75) is 38.6 Å². The first-order valence-electron chi connectivity index (χ1n) is 11.1. The van der Waals surface area contributed by atoms with E-state index in [-0.39, 0.29) is 23.8 Å². The molecule has 0 radical (unpaired) electrons. The topological polar surface area (TPSA) is 93.0 Å². The van der Waals surface area contributed by atoms with E-state index in [2.05, 4.69) is 20.4 Å². The van der Waals surface area contributed by atoms with Crippen LogP contribution in [0, 0.1) is 5.92 Å². The summed E-state index contributed by atoms with van der Waals surface area (Å²) in [4.78, 5) is 36.4. The Kier molecular flexibility index (Phi) is 5.20.